The van der Waals surface area contributed by atoms with Crippen LogP contribution in [0.2, 0.25) is 0 Å². The van der Waals surface area contributed by atoms with Gasteiger partial charge in [0.05, 0.1) is 0 Å². The number of nitrogens with one attached hydrogen (secondary N) is 1. The summed E-state index contributed by atoms with van der Waals surface area (Å²) in [6.07, 6.45) is 3.20. The molecule has 10 nitrogen and oxygen atoms in total. The third kappa shape index (κ3) is 2.88. The van der Waals surface area contributed by atoms with Crippen molar-refractivity contribution in [3.8, 4) is 11.9 Å². The number of guanidine groups is 1. The molecule has 1 amide bonds. The zero-order chi connectivity index (χ0) is 19.1. The van der Waals surface area contributed by atoms with Crippen molar-refractivity contribution in [2.75, 3.05) is 23.9 Å². The number of aliphatic imine (C=N–C) groups is 1. The second kappa shape index (κ2) is 6.19. The van der Waals surface area contributed by atoms with Gasteiger partial charge in [-0.2, -0.15) is 13.7 Å². The fourth-order valence-electron chi connectivity index (χ4n) is 2.73. The van der Waals surface area contributed by atoms with Crippen molar-refractivity contribution < 1.29 is 22.7 Å². The summed E-state index contributed by atoms with van der Waals surface area (Å²) < 4.78 is 41.1. The first-order valence-electron chi connectivity index (χ1n) is 7.26. The molecule has 1 aromatic rings. The molecule has 0 unspecified atom stereocenters. The van der Waals surface area contributed by atoms with Crippen molar-refractivity contribution >= 4 is 33.3 Å². The molecule has 2 aliphatic rings. The second-order valence-electron chi connectivity index (χ2n) is 5.51. The molecule has 0 bridgehead atoms. The van der Waals surface area contributed by atoms with E-state index in [1.165, 1.54) is 11.0 Å². The predicted octanol–water partition coefficient (Wildman–Crippen LogP) is -0.793. The van der Waals surface area contributed by atoms with Crippen molar-refractivity contribution in [1.29, 1.82) is 5.26 Å². The standard InChI is InChI=1S/C14H13FN6O4S/c15-12-9(8-3-4-20(5-8)14(17)18-7-16)1-2-10(22)13(12)21-6-11(23)19-26(21,24)25/h1-3,22H,4-6H2,(H2,17,18)(H,19,23). The van der Waals surface area contributed by atoms with Gasteiger partial charge < -0.3 is 15.7 Å². The van der Waals surface area contributed by atoms with Crippen molar-refractivity contribution in [3.63, 3.8) is 0 Å². The molecular weight excluding hydrogens is 367 g/mol. The number of nitriles is 1. The molecule has 1 fully saturated rings. The van der Waals surface area contributed by atoms with Crippen LogP contribution in [0.1, 0.15) is 5.56 Å². The molecule has 0 saturated carbocycles. The van der Waals surface area contributed by atoms with Crippen LogP contribution in [0.3, 0.4) is 0 Å². The lowest BCUT2D eigenvalue weighted by atomic mass is 10.0. The number of rotatable bonds is 2. The van der Waals surface area contributed by atoms with Crippen molar-refractivity contribution in [2.45, 2.75) is 0 Å². The first-order chi connectivity index (χ1) is 12.2. The first-order valence-corrected chi connectivity index (χ1v) is 8.70. The maximum Gasteiger partial charge on any atom is 0.326 e. The number of nitrogens with zero attached hydrogens (tertiary/aromatic N) is 4. The molecule has 1 saturated heterocycles. The molecule has 3 rings (SSSR count). The Balaban J connectivity index is 1.99. The number of hydrogen-bond donors (Lipinski definition) is 3. The highest BCUT2D eigenvalue weighted by atomic mass is 32.2. The number of benzene rings is 1. The third-order valence-corrected chi connectivity index (χ3v) is 5.30. The molecule has 0 atom stereocenters. The van der Waals surface area contributed by atoms with Gasteiger partial charge in [-0.3, -0.25) is 4.79 Å². The Morgan fingerprint density at radius 1 is 1.42 bits per heavy atom. The maximum atomic E-state index is 15.0. The van der Waals surface area contributed by atoms with Crippen LogP contribution in [0, 0.1) is 17.3 Å². The zero-order valence-electron chi connectivity index (χ0n) is 13.2. The third-order valence-electron chi connectivity index (χ3n) is 3.92. The van der Waals surface area contributed by atoms with E-state index in [9.17, 15) is 18.3 Å². The number of nitrogens with two attached hydrogens (primary N) is 1. The van der Waals surface area contributed by atoms with Gasteiger partial charge in [-0.1, -0.05) is 6.08 Å². The molecule has 0 radical (unpaired) electrons. The van der Waals surface area contributed by atoms with E-state index in [0.717, 1.165) is 6.07 Å². The van der Waals surface area contributed by atoms with Gasteiger partial charge in [-0.15, -0.1) is 4.99 Å². The van der Waals surface area contributed by atoms with Crippen molar-refractivity contribution in [2.24, 2.45) is 10.7 Å². The summed E-state index contributed by atoms with van der Waals surface area (Å²) in [5.74, 6) is -2.47. The van der Waals surface area contributed by atoms with Crippen LogP contribution in [0.25, 0.3) is 5.57 Å². The van der Waals surface area contributed by atoms with Gasteiger partial charge >= 0.3 is 10.2 Å². The van der Waals surface area contributed by atoms with E-state index in [1.54, 1.807) is 17.0 Å². The number of carbonyl (C=O) groups is 1. The molecule has 26 heavy (non-hydrogen) atoms. The monoisotopic (exact) mass is 380 g/mol. The normalized spacial score (nSPS) is 19.3. The SMILES string of the molecule is N#CN=C(N)N1CC=C(c2ccc(O)c(N3CC(=O)NS3(=O)=O)c2F)C1. The Hall–Kier alpha value is -3.33. The van der Waals surface area contributed by atoms with Gasteiger partial charge in [-0.25, -0.2) is 13.4 Å². The van der Waals surface area contributed by atoms with E-state index in [0.29, 0.717) is 9.88 Å². The van der Waals surface area contributed by atoms with Crippen LogP contribution in [0.4, 0.5) is 10.1 Å². The largest absolute Gasteiger partial charge is 0.506 e. The molecule has 136 valence electrons. The van der Waals surface area contributed by atoms with Gasteiger partial charge in [0.25, 0.3) is 5.91 Å². The summed E-state index contributed by atoms with van der Waals surface area (Å²) in [6.45, 7) is -0.213. The minimum Gasteiger partial charge on any atom is -0.506 e. The van der Waals surface area contributed by atoms with Gasteiger partial charge in [0.15, 0.2) is 5.82 Å². The number of aromatic hydroxyl groups is 1. The molecule has 2 aliphatic heterocycles. The predicted molar refractivity (Wildman–Crippen MR) is 89.3 cm³/mol. The number of phenols is 1. The Morgan fingerprint density at radius 3 is 2.77 bits per heavy atom. The Morgan fingerprint density at radius 2 is 2.15 bits per heavy atom. The quantitative estimate of drug-likeness (QED) is 0.345. The second-order valence-corrected chi connectivity index (χ2v) is 7.11. The maximum absolute atomic E-state index is 15.0. The Bertz CT molecular complexity index is 997. The summed E-state index contributed by atoms with van der Waals surface area (Å²) in [5.41, 5.74) is 5.52. The number of hydrogen-bond acceptors (Lipinski definition) is 6. The van der Waals surface area contributed by atoms with Crippen LogP contribution in [-0.4, -0.2) is 49.9 Å². The zero-order valence-corrected chi connectivity index (χ0v) is 14.0. The van der Waals surface area contributed by atoms with E-state index in [4.69, 9.17) is 11.0 Å². The molecule has 0 spiro atoms. The minimum absolute atomic E-state index is 0.0323. The van der Waals surface area contributed by atoms with Gasteiger partial charge in [0.2, 0.25) is 12.2 Å². The highest BCUT2D eigenvalue weighted by Gasteiger charge is 2.38. The molecule has 0 aromatic heterocycles. The summed E-state index contributed by atoms with van der Waals surface area (Å²) in [5, 5.41) is 18.5. The molecule has 12 heteroatoms. The lowest BCUT2D eigenvalue weighted by Gasteiger charge is -2.20. The number of carbonyl (C=O) groups excluding carboxylic acids is 1. The van der Waals surface area contributed by atoms with Gasteiger partial charge in [-0.05, 0) is 17.7 Å². The lowest BCUT2D eigenvalue weighted by molar-refractivity contribution is -0.117. The topological polar surface area (TPSA) is 152 Å². The van der Waals surface area contributed by atoms with Crippen LogP contribution < -0.4 is 14.8 Å². The van der Waals surface area contributed by atoms with Crippen molar-refractivity contribution in [1.82, 2.24) is 9.62 Å². The highest BCUT2D eigenvalue weighted by Crippen LogP contribution is 2.38. The fourth-order valence-corrected chi connectivity index (χ4v) is 3.90. The van der Waals surface area contributed by atoms with Crippen LogP contribution in [0.15, 0.2) is 23.2 Å². The summed E-state index contributed by atoms with van der Waals surface area (Å²) in [6, 6.07) is 2.43. The summed E-state index contributed by atoms with van der Waals surface area (Å²) >= 11 is 0. The molecule has 1 aromatic carbocycles. The number of amides is 1. The first kappa shape index (κ1) is 17.5. The summed E-state index contributed by atoms with van der Waals surface area (Å²) in [4.78, 5) is 16.3. The van der Waals surface area contributed by atoms with Crippen molar-refractivity contribution in [3.05, 3.63) is 29.6 Å². The molecule has 2 heterocycles. The number of phenolic OH excluding ortho intramolecular Hbond substituents is 1. The van der Waals surface area contributed by atoms with Crippen LogP contribution >= 0.6 is 0 Å². The molecular formula is C14H13FN6O4S. The average Bonchev–Trinajstić information content (AvgIpc) is 3.12. The lowest BCUT2D eigenvalue weighted by Crippen LogP contribution is -2.35. The van der Waals surface area contributed by atoms with Crippen LogP contribution in [0.5, 0.6) is 5.75 Å². The van der Waals surface area contributed by atoms with E-state index in [1.807, 2.05) is 0 Å². The summed E-state index contributed by atoms with van der Waals surface area (Å²) in [7, 11) is -4.28. The van der Waals surface area contributed by atoms with E-state index < -0.39 is 39.9 Å². The van der Waals surface area contributed by atoms with Gasteiger partial charge in [0, 0.05) is 18.7 Å². The number of halogens is 1. The smallest absolute Gasteiger partial charge is 0.326 e. The average molecular weight is 380 g/mol. The molecule has 0 aliphatic carbocycles. The Labute approximate surface area is 147 Å². The van der Waals surface area contributed by atoms with Gasteiger partial charge in [0.1, 0.15) is 18.0 Å². The van der Waals surface area contributed by atoms with E-state index in [-0.39, 0.29) is 24.6 Å². The number of anilines is 1. The van der Waals surface area contributed by atoms with E-state index >= 15 is 4.39 Å². The fraction of sp³-hybridized carbons (Fsp3) is 0.214. The highest BCUT2D eigenvalue weighted by molar-refractivity contribution is 7.92. The Kier molecular flexibility index (Phi) is 4.17. The van der Waals surface area contributed by atoms with Crippen LogP contribution in [-0.2, 0) is 15.0 Å². The van der Waals surface area contributed by atoms with E-state index in [2.05, 4.69) is 4.99 Å². The minimum atomic E-state index is -4.28. The molecule has 4 N–H and O–H groups in total.